The Morgan fingerprint density at radius 1 is 1.67 bits per heavy atom. The van der Waals surface area contributed by atoms with Gasteiger partial charge in [0.05, 0.1) is 0 Å². The Labute approximate surface area is 46.8 Å². The predicted molar refractivity (Wildman–Crippen MR) is 18.7 cm³/mol. The van der Waals surface area contributed by atoms with Crippen molar-refractivity contribution >= 4 is 20.3 Å². The molecule has 6 heteroatoms. The molecule has 0 N–H and O–H groups in total. The molecule has 3 nitrogen and oxygen atoms in total. The van der Waals surface area contributed by atoms with Crippen molar-refractivity contribution in [3.05, 3.63) is 10.1 Å². The molecule has 0 amide bonds. The van der Waals surface area contributed by atoms with Gasteiger partial charge in [0, 0.05) is 0 Å². The molecule has 40 valence electrons. The number of halogens is 2. The number of hydrogen-bond donors (Lipinski definition) is 0. The molecule has 0 bridgehead atoms. The van der Waals surface area contributed by atoms with Crippen LogP contribution < -0.4 is 0 Å². The quantitative estimate of drug-likeness (QED) is 0.443. The van der Waals surface area contributed by atoms with E-state index in [1.165, 1.54) is 0 Å². The third kappa shape index (κ3) is 2.71. The molecule has 0 rings (SSSR count). The van der Waals surface area contributed by atoms with Gasteiger partial charge in [-0.2, -0.15) is 0 Å². The Bertz CT molecular complexity index is 62.6. The molecule has 0 aliphatic heterocycles. The fraction of sp³-hybridized carbons (Fsp3) is 0. The topological polar surface area (TPSA) is 43.1 Å². The second-order valence-electron chi connectivity index (χ2n) is 0.357. The van der Waals surface area contributed by atoms with Gasteiger partial charge in [0.25, 0.3) is 0 Å². The second-order valence-corrected chi connectivity index (χ2v) is 3.74. The van der Waals surface area contributed by atoms with Crippen molar-refractivity contribution in [2.75, 3.05) is 0 Å². The van der Waals surface area contributed by atoms with Gasteiger partial charge < -0.3 is 0 Å². The number of nitro groups is 1. The van der Waals surface area contributed by atoms with Crippen molar-refractivity contribution in [1.82, 2.24) is 0 Å². The number of nitrogens with zero attached hydrogens (tertiary/aromatic N) is 1. The number of rotatable bonds is 1. The van der Waals surface area contributed by atoms with Crippen LogP contribution in [0.4, 0.5) is 0 Å². The van der Waals surface area contributed by atoms with Crippen LogP contribution in [0.25, 0.3) is 0 Å². The molecule has 0 unspecified atom stereocenters. The summed E-state index contributed by atoms with van der Waals surface area (Å²) in [5, 5.41) is 9.27. The van der Waals surface area contributed by atoms with E-state index < -0.39 is 16.0 Å². The van der Waals surface area contributed by atoms with Crippen LogP contribution in [0.2, 0.25) is 0 Å². The molecular formula is Cl2CoNO2. The summed E-state index contributed by atoms with van der Waals surface area (Å²) >= 11 is -1.97. The van der Waals surface area contributed by atoms with Crippen LogP contribution in [0.1, 0.15) is 0 Å². The van der Waals surface area contributed by atoms with Crippen LogP contribution in [-0.4, -0.2) is 3.97 Å². The third-order valence-corrected chi connectivity index (χ3v) is 1.14. The van der Waals surface area contributed by atoms with Gasteiger partial charge in [-0.25, -0.2) is 0 Å². The predicted octanol–water partition coefficient (Wildman–Crippen LogP) is 1.10. The average molecular weight is 176 g/mol. The first-order chi connectivity index (χ1) is 2.64. The van der Waals surface area contributed by atoms with Crippen LogP contribution in [0.3, 0.4) is 0 Å². The molecule has 0 radical (unpaired) electrons. The molecule has 0 saturated heterocycles. The van der Waals surface area contributed by atoms with E-state index in [0.717, 1.165) is 0 Å². The molecule has 0 saturated carbocycles. The van der Waals surface area contributed by atoms with E-state index in [0.29, 0.717) is 0 Å². The summed E-state index contributed by atoms with van der Waals surface area (Å²) in [6.45, 7) is 0. The van der Waals surface area contributed by atoms with E-state index in [-0.39, 0.29) is 0 Å². The van der Waals surface area contributed by atoms with Crippen molar-refractivity contribution < 1.29 is 16.0 Å². The Hall–Kier alpha value is 0.486. The molecule has 0 aromatic heterocycles. The Kier molecular flexibility index (Phi) is 2.84. The molecule has 0 aromatic carbocycles. The normalized spacial score (nSPS) is 10.7. The van der Waals surface area contributed by atoms with Crippen molar-refractivity contribution in [3.63, 3.8) is 0 Å². The van der Waals surface area contributed by atoms with Crippen LogP contribution in [0.5, 0.6) is 0 Å². The first-order valence-corrected chi connectivity index (χ1v) is 4.10. The zero-order valence-corrected chi connectivity index (χ0v) is 4.91. The number of hydrogen-bond acceptors (Lipinski definition) is 2. The zero-order valence-electron chi connectivity index (χ0n) is 2.35. The monoisotopic (exact) mass is 175 g/mol. The van der Waals surface area contributed by atoms with Gasteiger partial charge in [-0.1, -0.05) is 0 Å². The van der Waals surface area contributed by atoms with E-state index in [2.05, 4.69) is 0 Å². The average Bonchev–Trinajstić information content (AvgIpc) is 1.36. The fourth-order valence-electron chi connectivity index (χ4n) is 0. The summed E-state index contributed by atoms with van der Waals surface area (Å²) in [6, 6.07) is 0. The molecule has 0 aromatic rings. The van der Waals surface area contributed by atoms with Crippen LogP contribution >= 0.6 is 20.3 Å². The van der Waals surface area contributed by atoms with Crippen LogP contribution in [0.15, 0.2) is 0 Å². The summed E-state index contributed by atoms with van der Waals surface area (Å²) in [5.41, 5.74) is 0. The van der Waals surface area contributed by atoms with Gasteiger partial charge in [-0.05, 0) is 0 Å². The zero-order chi connectivity index (χ0) is 5.15. The molecular weight excluding hydrogens is 176 g/mol. The Morgan fingerprint density at radius 3 is 1.83 bits per heavy atom. The van der Waals surface area contributed by atoms with Gasteiger partial charge in [0.15, 0.2) is 0 Å². The van der Waals surface area contributed by atoms with Crippen molar-refractivity contribution in [2.45, 2.75) is 0 Å². The van der Waals surface area contributed by atoms with E-state index in [1.54, 1.807) is 0 Å². The standard InChI is InChI=1S/2ClH.Co.NO2/c;;;2-1-3/h2*1H;;/q;;+2;/p-2. The molecule has 0 atom stereocenters. The van der Waals surface area contributed by atoms with E-state index in [4.69, 9.17) is 20.3 Å². The first-order valence-electron chi connectivity index (χ1n) is 0.766. The van der Waals surface area contributed by atoms with Crippen molar-refractivity contribution in [3.8, 4) is 0 Å². The third-order valence-electron chi connectivity index (χ3n) is 0.0920. The first kappa shape index (κ1) is 6.49. The molecule has 0 spiro atoms. The fourth-order valence-corrected chi connectivity index (χ4v) is 0. The molecule has 0 fully saturated rings. The molecule has 0 heterocycles. The maximum atomic E-state index is 9.27. The van der Waals surface area contributed by atoms with Crippen molar-refractivity contribution in [1.29, 1.82) is 0 Å². The van der Waals surface area contributed by atoms with Crippen LogP contribution in [0, 0.1) is 10.1 Å². The van der Waals surface area contributed by atoms with Gasteiger partial charge in [-0.15, -0.1) is 0 Å². The minimum absolute atomic E-state index is 0.740. The summed E-state index contributed by atoms with van der Waals surface area (Å²) < 4.78 is -0.740. The summed E-state index contributed by atoms with van der Waals surface area (Å²) in [7, 11) is 9.48. The second kappa shape index (κ2) is 2.62. The molecule has 6 heavy (non-hydrogen) atoms. The van der Waals surface area contributed by atoms with Gasteiger partial charge >= 0.3 is 46.4 Å². The van der Waals surface area contributed by atoms with Gasteiger partial charge in [0.1, 0.15) is 0 Å². The summed E-state index contributed by atoms with van der Waals surface area (Å²) in [6.07, 6.45) is 0. The SMILES string of the molecule is O=[N+]([O-])[Co]([Cl])[Cl]. The molecule has 0 aliphatic carbocycles. The van der Waals surface area contributed by atoms with Gasteiger partial charge in [0.2, 0.25) is 0 Å². The van der Waals surface area contributed by atoms with E-state index >= 15 is 0 Å². The summed E-state index contributed by atoms with van der Waals surface area (Å²) in [5.74, 6) is 0. The van der Waals surface area contributed by atoms with Crippen molar-refractivity contribution in [2.24, 2.45) is 0 Å². The molecule has 0 aliphatic rings. The van der Waals surface area contributed by atoms with E-state index in [1.807, 2.05) is 0 Å². The Morgan fingerprint density at radius 2 is 1.83 bits per heavy atom. The minimum atomic E-state index is -1.97. The van der Waals surface area contributed by atoms with Crippen LogP contribution in [-0.2, 0) is 12.1 Å². The van der Waals surface area contributed by atoms with E-state index in [9.17, 15) is 10.1 Å². The Balaban J connectivity index is 3.26. The maximum absolute atomic E-state index is 9.27. The summed E-state index contributed by atoms with van der Waals surface area (Å²) in [4.78, 5) is 9.27. The van der Waals surface area contributed by atoms with Gasteiger partial charge in [-0.3, -0.25) is 0 Å².